The van der Waals surface area contributed by atoms with Gasteiger partial charge >= 0.3 is 0 Å². The second-order valence-corrected chi connectivity index (χ2v) is 5.03. The number of rotatable bonds is 5. The van der Waals surface area contributed by atoms with Crippen LogP contribution in [0.15, 0.2) is 48.5 Å². The highest BCUT2D eigenvalue weighted by atomic mass is 16.3. The van der Waals surface area contributed by atoms with Crippen molar-refractivity contribution in [2.75, 3.05) is 13.2 Å². The quantitative estimate of drug-likeness (QED) is 0.753. The van der Waals surface area contributed by atoms with Gasteiger partial charge in [-0.25, -0.2) is 4.98 Å². The number of hydrogen-bond donors (Lipinski definition) is 2. The second-order valence-electron chi connectivity index (χ2n) is 5.03. The molecule has 0 atom stereocenters. The molecule has 0 aliphatic carbocycles. The van der Waals surface area contributed by atoms with Gasteiger partial charge in [0.05, 0.1) is 17.6 Å². The molecule has 3 N–H and O–H groups in total. The van der Waals surface area contributed by atoms with Crippen LogP contribution < -0.4 is 5.73 Å². The summed E-state index contributed by atoms with van der Waals surface area (Å²) in [6.45, 7) is 1.29. The number of fused-ring (bicyclic) bond motifs is 1. The summed E-state index contributed by atoms with van der Waals surface area (Å²) in [5.74, 6) is 0.893. The molecule has 4 heteroatoms. The molecule has 0 amide bonds. The molecule has 0 bridgehead atoms. The molecular weight excluding hydrogens is 262 g/mol. The number of nitrogens with zero attached hydrogens (tertiary/aromatic N) is 2. The fourth-order valence-corrected chi connectivity index (χ4v) is 2.61. The minimum Gasteiger partial charge on any atom is -0.395 e. The van der Waals surface area contributed by atoms with E-state index in [2.05, 4.69) is 28.8 Å². The number of para-hydroxylation sites is 2. The van der Waals surface area contributed by atoms with E-state index < -0.39 is 0 Å². The first-order valence-electron chi connectivity index (χ1n) is 7.19. The molecule has 4 nitrogen and oxygen atoms in total. The Morgan fingerprint density at radius 1 is 1.05 bits per heavy atom. The summed E-state index contributed by atoms with van der Waals surface area (Å²) in [6.07, 6.45) is 0.882. The van der Waals surface area contributed by atoms with Crippen LogP contribution in [0.25, 0.3) is 22.4 Å². The minimum absolute atomic E-state index is 0.0958. The summed E-state index contributed by atoms with van der Waals surface area (Å²) >= 11 is 0. The van der Waals surface area contributed by atoms with Gasteiger partial charge in [0.15, 0.2) is 0 Å². The molecule has 0 saturated heterocycles. The first-order valence-corrected chi connectivity index (χ1v) is 7.19. The average Bonchev–Trinajstić information content (AvgIpc) is 2.88. The topological polar surface area (TPSA) is 64.1 Å². The number of aromatic nitrogens is 2. The Hall–Kier alpha value is -2.17. The minimum atomic E-state index is 0.0958. The van der Waals surface area contributed by atoms with Crippen molar-refractivity contribution >= 4 is 11.0 Å². The van der Waals surface area contributed by atoms with Crippen molar-refractivity contribution in [2.24, 2.45) is 5.73 Å². The monoisotopic (exact) mass is 281 g/mol. The van der Waals surface area contributed by atoms with Crippen molar-refractivity contribution in [3.05, 3.63) is 54.1 Å². The van der Waals surface area contributed by atoms with Crippen molar-refractivity contribution in [3.63, 3.8) is 0 Å². The van der Waals surface area contributed by atoms with E-state index in [9.17, 15) is 5.11 Å². The summed E-state index contributed by atoms with van der Waals surface area (Å²) in [7, 11) is 0. The van der Waals surface area contributed by atoms with Crippen LogP contribution in [0.4, 0.5) is 0 Å². The summed E-state index contributed by atoms with van der Waals surface area (Å²) < 4.78 is 2.06. The third-order valence-electron chi connectivity index (χ3n) is 3.62. The molecule has 3 aromatic rings. The largest absolute Gasteiger partial charge is 0.395 e. The molecule has 0 spiro atoms. The van der Waals surface area contributed by atoms with Crippen LogP contribution in [0.5, 0.6) is 0 Å². The number of hydrogen-bond acceptors (Lipinski definition) is 3. The SMILES string of the molecule is NCCc1ccc(-c2nc3ccccc3n2CCO)cc1. The van der Waals surface area contributed by atoms with E-state index in [0.29, 0.717) is 13.1 Å². The van der Waals surface area contributed by atoms with E-state index in [1.807, 2.05) is 24.3 Å². The van der Waals surface area contributed by atoms with E-state index >= 15 is 0 Å². The summed E-state index contributed by atoms with van der Waals surface area (Å²) in [5.41, 5.74) is 9.86. The van der Waals surface area contributed by atoms with E-state index in [1.165, 1.54) is 5.56 Å². The number of imidazole rings is 1. The molecule has 0 aliphatic rings. The third kappa shape index (κ3) is 2.68. The lowest BCUT2D eigenvalue weighted by Crippen LogP contribution is -2.04. The molecule has 0 saturated carbocycles. The van der Waals surface area contributed by atoms with E-state index in [0.717, 1.165) is 28.8 Å². The van der Waals surface area contributed by atoms with E-state index in [4.69, 9.17) is 10.7 Å². The predicted octanol–water partition coefficient (Wildman–Crippen LogP) is 2.20. The van der Waals surface area contributed by atoms with Crippen molar-refractivity contribution in [2.45, 2.75) is 13.0 Å². The van der Waals surface area contributed by atoms with Crippen molar-refractivity contribution in [1.82, 2.24) is 9.55 Å². The average molecular weight is 281 g/mol. The van der Waals surface area contributed by atoms with Gasteiger partial charge in [-0.15, -0.1) is 0 Å². The summed E-state index contributed by atoms with van der Waals surface area (Å²) in [5, 5.41) is 9.32. The van der Waals surface area contributed by atoms with Gasteiger partial charge < -0.3 is 15.4 Å². The number of benzene rings is 2. The van der Waals surface area contributed by atoms with Crippen LogP contribution in [0.1, 0.15) is 5.56 Å². The van der Waals surface area contributed by atoms with E-state index in [-0.39, 0.29) is 6.61 Å². The fraction of sp³-hybridized carbons (Fsp3) is 0.235. The van der Waals surface area contributed by atoms with Crippen LogP contribution in [0.3, 0.4) is 0 Å². The van der Waals surface area contributed by atoms with Gasteiger partial charge in [-0.05, 0) is 30.7 Å². The van der Waals surface area contributed by atoms with Crippen LogP contribution >= 0.6 is 0 Å². The van der Waals surface area contributed by atoms with Gasteiger partial charge in [-0.1, -0.05) is 36.4 Å². The molecule has 0 aliphatic heterocycles. The van der Waals surface area contributed by atoms with Gasteiger partial charge in [-0.2, -0.15) is 0 Å². The lowest BCUT2D eigenvalue weighted by molar-refractivity contribution is 0.278. The highest BCUT2D eigenvalue weighted by molar-refractivity contribution is 5.80. The highest BCUT2D eigenvalue weighted by Gasteiger charge is 2.11. The first-order chi connectivity index (χ1) is 10.3. The van der Waals surface area contributed by atoms with Gasteiger partial charge in [0, 0.05) is 12.1 Å². The molecule has 0 radical (unpaired) electrons. The maximum Gasteiger partial charge on any atom is 0.141 e. The maximum atomic E-state index is 9.32. The lowest BCUT2D eigenvalue weighted by Gasteiger charge is -2.08. The maximum absolute atomic E-state index is 9.32. The number of aliphatic hydroxyl groups is 1. The lowest BCUT2D eigenvalue weighted by atomic mass is 10.1. The van der Waals surface area contributed by atoms with Gasteiger partial charge in [0.25, 0.3) is 0 Å². The molecule has 0 unspecified atom stereocenters. The first kappa shape index (κ1) is 13.8. The normalized spacial score (nSPS) is 11.1. The molecular formula is C17H19N3O. The highest BCUT2D eigenvalue weighted by Crippen LogP contribution is 2.25. The number of nitrogens with two attached hydrogens (primary N) is 1. The zero-order chi connectivity index (χ0) is 14.7. The van der Waals surface area contributed by atoms with E-state index in [1.54, 1.807) is 0 Å². The Bertz CT molecular complexity index is 731. The van der Waals surface area contributed by atoms with Crippen molar-refractivity contribution < 1.29 is 5.11 Å². The predicted molar refractivity (Wildman–Crippen MR) is 85.0 cm³/mol. The fourth-order valence-electron chi connectivity index (χ4n) is 2.61. The van der Waals surface area contributed by atoms with Crippen LogP contribution in [0.2, 0.25) is 0 Å². The third-order valence-corrected chi connectivity index (χ3v) is 3.62. The zero-order valence-corrected chi connectivity index (χ0v) is 11.9. The Labute approximate surface area is 123 Å². The Morgan fingerprint density at radius 3 is 2.52 bits per heavy atom. The van der Waals surface area contributed by atoms with Gasteiger partial charge in [-0.3, -0.25) is 0 Å². The molecule has 21 heavy (non-hydrogen) atoms. The standard InChI is InChI=1S/C17H19N3O/c18-10-9-13-5-7-14(8-6-13)17-19-15-3-1-2-4-16(15)20(17)11-12-21/h1-8,21H,9-12,18H2. The number of aliphatic hydroxyl groups excluding tert-OH is 1. The Morgan fingerprint density at radius 2 is 1.81 bits per heavy atom. The Kier molecular flexibility index (Phi) is 3.99. The second kappa shape index (κ2) is 6.08. The van der Waals surface area contributed by atoms with Crippen LogP contribution in [-0.4, -0.2) is 27.8 Å². The van der Waals surface area contributed by atoms with Crippen LogP contribution in [-0.2, 0) is 13.0 Å². The molecule has 1 heterocycles. The van der Waals surface area contributed by atoms with Gasteiger partial charge in [0.2, 0.25) is 0 Å². The van der Waals surface area contributed by atoms with Crippen molar-refractivity contribution in [3.8, 4) is 11.4 Å². The molecule has 2 aromatic carbocycles. The van der Waals surface area contributed by atoms with Crippen LogP contribution in [0, 0.1) is 0 Å². The zero-order valence-electron chi connectivity index (χ0n) is 11.9. The molecule has 0 fully saturated rings. The Balaban J connectivity index is 2.08. The molecule has 108 valence electrons. The summed E-state index contributed by atoms with van der Waals surface area (Å²) in [4.78, 5) is 4.70. The smallest absolute Gasteiger partial charge is 0.141 e. The summed E-state index contributed by atoms with van der Waals surface area (Å²) in [6, 6.07) is 16.3. The van der Waals surface area contributed by atoms with Gasteiger partial charge in [0.1, 0.15) is 5.82 Å². The molecule has 3 rings (SSSR count). The molecule has 1 aromatic heterocycles. The van der Waals surface area contributed by atoms with Crippen molar-refractivity contribution in [1.29, 1.82) is 0 Å².